The topological polar surface area (TPSA) is 20.8 Å². The molecular formula is C16H16N3+. The highest BCUT2D eigenvalue weighted by molar-refractivity contribution is 5.74. The summed E-state index contributed by atoms with van der Waals surface area (Å²) < 4.78 is 4.75. The van der Waals surface area contributed by atoms with Gasteiger partial charge in [-0.3, -0.25) is 5.32 Å². The number of fused-ring (bicyclic) bond motifs is 3. The maximum absolute atomic E-state index is 3.50. The van der Waals surface area contributed by atoms with Crippen molar-refractivity contribution in [2.45, 2.75) is 13.1 Å². The van der Waals surface area contributed by atoms with Crippen LogP contribution in [0.25, 0.3) is 11.0 Å². The number of imidazole rings is 1. The average molecular weight is 250 g/mol. The van der Waals surface area contributed by atoms with Gasteiger partial charge >= 0.3 is 5.95 Å². The Morgan fingerprint density at radius 2 is 1.79 bits per heavy atom. The van der Waals surface area contributed by atoms with Crippen molar-refractivity contribution in [1.82, 2.24) is 4.57 Å². The number of para-hydroxylation sites is 2. The third-order valence-electron chi connectivity index (χ3n) is 3.78. The van der Waals surface area contributed by atoms with Crippen LogP contribution in [0.2, 0.25) is 0 Å². The molecule has 2 aromatic carbocycles. The van der Waals surface area contributed by atoms with Gasteiger partial charge in [-0.2, -0.15) is 0 Å². The maximum atomic E-state index is 3.50. The Morgan fingerprint density at radius 1 is 1.00 bits per heavy atom. The molecule has 1 N–H and O–H groups in total. The number of nitrogens with one attached hydrogen (secondary N) is 1. The van der Waals surface area contributed by atoms with E-state index in [1.165, 1.54) is 22.5 Å². The fourth-order valence-corrected chi connectivity index (χ4v) is 2.92. The summed E-state index contributed by atoms with van der Waals surface area (Å²) in [5.74, 6) is 1.23. The van der Waals surface area contributed by atoms with Crippen LogP contribution >= 0.6 is 0 Å². The molecule has 3 heteroatoms. The molecule has 0 saturated heterocycles. The lowest BCUT2D eigenvalue weighted by Gasteiger charge is -2.02. The van der Waals surface area contributed by atoms with Crippen LogP contribution in [0, 0.1) is 0 Å². The van der Waals surface area contributed by atoms with Gasteiger partial charge in [0, 0.05) is 0 Å². The predicted octanol–water partition coefficient (Wildman–Crippen LogP) is 2.40. The number of rotatable bonds is 2. The maximum Gasteiger partial charge on any atom is 0.358 e. The first-order valence-corrected chi connectivity index (χ1v) is 6.72. The van der Waals surface area contributed by atoms with Crippen molar-refractivity contribution in [2.24, 2.45) is 0 Å². The van der Waals surface area contributed by atoms with Crippen molar-refractivity contribution in [1.29, 1.82) is 0 Å². The molecule has 0 bridgehead atoms. The van der Waals surface area contributed by atoms with E-state index in [0.29, 0.717) is 0 Å². The molecule has 1 aromatic heterocycles. The normalized spacial score (nSPS) is 13.5. The predicted molar refractivity (Wildman–Crippen MR) is 76.2 cm³/mol. The molecule has 1 aliphatic heterocycles. The molecule has 0 aliphatic carbocycles. The lowest BCUT2D eigenvalue weighted by molar-refractivity contribution is -0.644. The van der Waals surface area contributed by atoms with Gasteiger partial charge in [-0.05, 0) is 17.7 Å². The second kappa shape index (κ2) is 4.12. The van der Waals surface area contributed by atoms with Gasteiger partial charge in [0.1, 0.15) is 17.6 Å². The Bertz CT molecular complexity index is 728. The number of hydrogen-bond donors (Lipinski definition) is 1. The molecule has 3 nitrogen and oxygen atoms in total. The summed E-state index contributed by atoms with van der Waals surface area (Å²) in [7, 11) is 0. The van der Waals surface area contributed by atoms with E-state index in [1.54, 1.807) is 0 Å². The van der Waals surface area contributed by atoms with Crippen LogP contribution in [0.3, 0.4) is 0 Å². The molecule has 1 aliphatic rings. The molecule has 0 amide bonds. The number of hydrogen-bond acceptors (Lipinski definition) is 1. The van der Waals surface area contributed by atoms with Crippen LogP contribution in [0.15, 0.2) is 54.6 Å². The zero-order valence-electron chi connectivity index (χ0n) is 10.7. The van der Waals surface area contributed by atoms with Gasteiger partial charge in [0.25, 0.3) is 0 Å². The highest BCUT2D eigenvalue weighted by Crippen LogP contribution is 2.21. The van der Waals surface area contributed by atoms with Gasteiger partial charge in [0.2, 0.25) is 0 Å². The Labute approximate surface area is 112 Å². The summed E-state index contributed by atoms with van der Waals surface area (Å²) in [4.78, 5) is 0. The third-order valence-corrected chi connectivity index (χ3v) is 3.78. The molecule has 0 atom stereocenters. The monoisotopic (exact) mass is 250 g/mol. The molecular weight excluding hydrogens is 234 g/mol. The van der Waals surface area contributed by atoms with E-state index >= 15 is 0 Å². The van der Waals surface area contributed by atoms with E-state index in [2.05, 4.69) is 69.0 Å². The van der Waals surface area contributed by atoms with Gasteiger partial charge in [-0.1, -0.05) is 42.5 Å². The van der Waals surface area contributed by atoms with E-state index in [1.807, 2.05) is 0 Å². The molecule has 0 fully saturated rings. The standard InChI is InChI=1S/C16H15N3/c1-2-6-13(7-3-1)12-19-15-9-5-4-8-14(15)18-11-10-17-16(18)19/h1-9H,10-12H2/p+1. The molecule has 19 heavy (non-hydrogen) atoms. The van der Waals surface area contributed by atoms with Crippen LogP contribution in [-0.2, 0) is 13.1 Å². The Balaban J connectivity index is 1.90. The molecule has 0 spiro atoms. The summed E-state index contributed by atoms with van der Waals surface area (Å²) in [6.07, 6.45) is 0. The summed E-state index contributed by atoms with van der Waals surface area (Å²) in [6, 6.07) is 19.2. The fraction of sp³-hybridized carbons (Fsp3) is 0.188. The first kappa shape index (κ1) is 10.6. The minimum atomic E-state index is 0.913. The smallest absolute Gasteiger partial charge is 0.274 e. The third kappa shape index (κ3) is 1.62. The van der Waals surface area contributed by atoms with Crippen molar-refractivity contribution in [3.63, 3.8) is 0 Å². The number of nitrogens with zero attached hydrogens (tertiary/aromatic N) is 2. The van der Waals surface area contributed by atoms with Crippen LogP contribution in [0.5, 0.6) is 0 Å². The van der Waals surface area contributed by atoms with Crippen molar-refractivity contribution in [2.75, 3.05) is 11.9 Å². The van der Waals surface area contributed by atoms with Gasteiger partial charge in [0.05, 0.1) is 13.1 Å². The Kier molecular flexibility index (Phi) is 2.30. The van der Waals surface area contributed by atoms with Gasteiger partial charge in [-0.25, -0.2) is 9.13 Å². The van der Waals surface area contributed by atoms with E-state index in [4.69, 9.17) is 0 Å². The quantitative estimate of drug-likeness (QED) is 0.693. The van der Waals surface area contributed by atoms with Crippen LogP contribution in [-0.4, -0.2) is 11.1 Å². The van der Waals surface area contributed by atoms with Crippen molar-refractivity contribution >= 4 is 17.0 Å². The van der Waals surface area contributed by atoms with Gasteiger partial charge < -0.3 is 0 Å². The molecule has 3 aromatic rings. The van der Waals surface area contributed by atoms with E-state index < -0.39 is 0 Å². The molecule has 0 unspecified atom stereocenters. The number of aromatic nitrogens is 2. The largest absolute Gasteiger partial charge is 0.358 e. The highest BCUT2D eigenvalue weighted by atomic mass is 15.3. The van der Waals surface area contributed by atoms with E-state index in [9.17, 15) is 0 Å². The highest BCUT2D eigenvalue weighted by Gasteiger charge is 2.27. The summed E-state index contributed by atoms with van der Waals surface area (Å²) in [5.41, 5.74) is 3.95. The lowest BCUT2D eigenvalue weighted by atomic mass is 10.2. The second-order valence-corrected chi connectivity index (χ2v) is 4.96. The van der Waals surface area contributed by atoms with Gasteiger partial charge in [-0.15, -0.1) is 0 Å². The van der Waals surface area contributed by atoms with Crippen molar-refractivity contribution in [3.05, 3.63) is 60.2 Å². The van der Waals surface area contributed by atoms with E-state index in [0.717, 1.165) is 19.6 Å². The van der Waals surface area contributed by atoms with Crippen LogP contribution in [0.4, 0.5) is 5.95 Å². The first-order valence-electron chi connectivity index (χ1n) is 6.72. The van der Waals surface area contributed by atoms with Gasteiger partial charge in [0.15, 0.2) is 0 Å². The average Bonchev–Trinajstić information content (AvgIpc) is 3.04. The SMILES string of the molecule is c1ccc(Cn2c3[n+](c4ccccc42)CCN3)cc1. The lowest BCUT2D eigenvalue weighted by Crippen LogP contribution is -2.29. The number of anilines is 1. The van der Waals surface area contributed by atoms with E-state index in [-0.39, 0.29) is 0 Å². The van der Waals surface area contributed by atoms with Crippen LogP contribution < -0.4 is 9.88 Å². The zero-order valence-corrected chi connectivity index (χ0v) is 10.7. The van der Waals surface area contributed by atoms with Crippen molar-refractivity contribution in [3.8, 4) is 0 Å². The van der Waals surface area contributed by atoms with Crippen molar-refractivity contribution < 1.29 is 4.57 Å². The molecule has 0 saturated carbocycles. The fourth-order valence-electron chi connectivity index (χ4n) is 2.92. The summed E-state index contributed by atoms with van der Waals surface area (Å²) in [5, 5.41) is 3.50. The minimum absolute atomic E-state index is 0.913. The minimum Gasteiger partial charge on any atom is -0.274 e. The van der Waals surface area contributed by atoms with Crippen LogP contribution in [0.1, 0.15) is 5.56 Å². The number of benzene rings is 2. The second-order valence-electron chi connectivity index (χ2n) is 4.96. The Morgan fingerprint density at radius 3 is 2.68 bits per heavy atom. The molecule has 4 rings (SSSR count). The Hall–Kier alpha value is -2.29. The summed E-state index contributed by atoms with van der Waals surface area (Å²) in [6.45, 7) is 2.99. The first-order chi connectivity index (χ1) is 9.43. The molecule has 0 radical (unpaired) electrons. The zero-order chi connectivity index (χ0) is 12.7. The molecule has 2 heterocycles. The molecule has 94 valence electrons. The summed E-state index contributed by atoms with van der Waals surface area (Å²) >= 11 is 0.